The van der Waals surface area contributed by atoms with Gasteiger partial charge in [-0.15, -0.1) is 0 Å². The van der Waals surface area contributed by atoms with E-state index in [2.05, 4.69) is 9.97 Å². The zero-order valence-corrected chi connectivity index (χ0v) is 20.5. The van der Waals surface area contributed by atoms with Gasteiger partial charge in [-0.2, -0.15) is 4.31 Å². The number of fused-ring (bicyclic) bond motifs is 1. The van der Waals surface area contributed by atoms with Crippen LogP contribution in [0, 0.1) is 0 Å². The second kappa shape index (κ2) is 10.1. The minimum Gasteiger partial charge on any atom is -0.334 e. The number of para-hydroxylation sites is 1. The van der Waals surface area contributed by atoms with E-state index in [4.69, 9.17) is 0 Å². The van der Waals surface area contributed by atoms with Gasteiger partial charge in [0.15, 0.2) is 5.78 Å². The van der Waals surface area contributed by atoms with Gasteiger partial charge in [0.25, 0.3) is 5.56 Å². The smallest absolute Gasteiger partial charge is 0.258 e. The predicted molar refractivity (Wildman–Crippen MR) is 131 cm³/mol. The average Bonchev–Trinajstić information content (AvgIpc) is 2.87. The molecule has 1 unspecified atom stereocenters. The van der Waals surface area contributed by atoms with Crippen molar-refractivity contribution in [3.05, 3.63) is 70.3 Å². The monoisotopic (exact) mass is 496 g/mol. The lowest BCUT2D eigenvalue weighted by molar-refractivity contribution is -0.136. The Morgan fingerprint density at radius 2 is 1.83 bits per heavy atom. The minimum absolute atomic E-state index is 0.0470. The van der Waals surface area contributed by atoms with Crippen LogP contribution in [0.5, 0.6) is 0 Å². The number of carbonyl (C=O) groups excluding carboxylic acids is 2. The van der Waals surface area contributed by atoms with Gasteiger partial charge in [0.1, 0.15) is 11.9 Å². The number of nitrogens with one attached hydrogen (secondary N) is 1. The lowest BCUT2D eigenvalue weighted by atomic mass is 10.0. The fourth-order valence-corrected chi connectivity index (χ4v) is 6.03. The molecule has 1 aliphatic heterocycles. The summed E-state index contributed by atoms with van der Waals surface area (Å²) in [6.45, 7) is 3.84. The summed E-state index contributed by atoms with van der Waals surface area (Å²) in [7, 11) is -3.95. The Kier molecular flexibility index (Phi) is 7.13. The first-order valence-electron chi connectivity index (χ1n) is 11.6. The quantitative estimate of drug-likeness (QED) is 0.502. The van der Waals surface area contributed by atoms with Crippen molar-refractivity contribution in [2.45, 2.75) is 50.6 Å². The van der Waals surface area contributed by atoms with E-state index < -0.39 is 16.1 Å². The molecular weight excluding hydrogens is 468 g/mol. The molecule has 1 N–H and O–H groups in total. The Bertz CT molecular complexity index is 1420. The van der Waals surface area contributed by atoms with Crippen LogP contribution in [-0.2, 0) is 21.4 Å². The van der Waals surface area contributed by atoms with Gasteiger partial charge < -0.3 is 9.88 Å². The Balaban J connectivity index is 1.60. The minimum atomic E-state index is -3.95. The molecule has 184 valence electrons. The van der Waals surface area contributed by atoms with Gasteiger partial charge in [0, 0.05) is 18.7 Å². The molecule has 0 radical (unpaired) electrons. The number of benzene rings is 2. The molecular formula is C25H28N4O5S. The average molecular weight is 497 g/mol. The number of piperidine rings is 1. The van der Waals surface area contributed by atoms with Gasteiger partial charge in [0.2, 0.25) is 15.9 Å². The molecule has 1 atom stereocenters. The van der Waals surface area contributed by atoms with E-state index in [1.807, 2.05) is 0 Å². The number of nitrogens with zero attached hydrogens (tertiary/aromatic N) is 3. The number of hydrogen-bond acceptors (Lipinski definition) is 6. The highest BCUT2D eigenvalue weighted by molar-refractivity contribution is 7.89. The Labute approximate surface area is 203 Å². The SMILES string of the molecule is CCN(Cc1nc2ccccc2c(=O)[nH]1)C(=O)C1CCCCN1S(=O)(=O)c1ccc(C(C)=O)cc1. The number of aromatic nitrogens is 2. The fraction of sp³-hybridized carbons (Fsp3) is 0.360. The number of Topliss-reactive ketones (excluding diaryl/α,β-unsaturated/α-hetero) is 1. The summed E-state index contributed by atoms with van der Waals surface area (Å²) in [5.74, 6) is -0.139. The number of ketones is 1. The van der Waals surface area contributed by atoms with Crippen LogP contribution < -0.4 is 5.56 Å². The van der Waals surface area contributed by atoms with Gasteiger partial charge in [-0.25, -0.2) is 13.4 Å². The molecule has 1 aromatic heterocycles. The first-order chi connectivity index (χ1) is 16.7. The van der Waals surface area contributed by atoms with Crippen molar-refractivity contribution in [1.82, 2.24) is 19.2 Å². The molecule has 9 nitrogen and oxygen atoms in total. The molecule has 0 bridgehead atoms. The second-order valence-corrected chi connectivity index (χ2v) is 10.5. The van der Waals surface area contributed by atoms with Gasteiger partial charge in [0.05, 0.1) is 22.3 Å². The van der Waals surface area contributed by atoms with Gasteiger partial charge in [-0.3, -0.25) is 14.4 Å². The topological polar surface area (TPSA) is 121 Å². The maximum Gasteiger partial charge on any atom is 0.258 e. The van der Waals surface area contributed by atoms with Crippen LogP contribution in [0.15, 0.2) is 58.2 Å². The number of amides is 1. The first-order valence-corrected chi connectivity index (χ1v) is 13.1. The molecule has 0 aliphatic carbocycles. The number of likely N-dealkylation sites (N-methyl/N-ethyl adjacent to an activating group) is 1. The van der Waals surface area contributed by atoms with Crippen molar-refractivity contribution in [2.75, 3.05) is 13.1 Å². The summed E-state index contributed by atoms with van der Waals surface area (Å²) < 4.78 is 28.2. The van der Waals surface area contributed by atoms with Gasteiger partial charge in [-0.1, -0.05) is 30.7 Å². The number of carbonyl (C=O) groups is 2. The molecule has 0 saturated carbocycles. The van der Waals surface area contributed by atoms with Gasteiger partial charge in [-0.05, 0) is 51.0 Å². The number of aromatic amines is 1. The lowest BCUT2D eigenvalue weighted by Gasteiger charge is -2.36. The molecule has 4 rings (SSSR count). The van der Waals surface area contributed by atoms with Crippen LogP contribution in [-0.4, -0.2) is 58.4 Å². The van der Waals surface area contributed by atoms with Crippen LogP contribution >= 0.6 is 0 Å². The third kappa shape index (κ3) is 5.03. The summed E-state index contributed by atoms with van der Waals surface area (Å²) in [5, 5.41) is 0.464. The first kappa shape index (κ1) is 24.7. The molecule has 2 aromatic carbocycles. The zero-order valence-electron chi connectivity index (χ0n) is 19.7. The normalized spacial score (nSPS) is 16.8. The summed E-state index contributed by atoms with van der Waals surface area (Å²) in [6.07, 6.45) is 1.79. The van der Waals surface area contributed by atoms with Crippen molar-refractivity contribution in [3.8, 4) is 0 Å². The third-order valence-corrected chi connectivity index (χ3v) is 8.22. The van der Waals surface area contributed by atoms with E-state index in [0.717, 1.165) is 6.42 Å². The van der Waals surface area contributed by atoms with Crippen molar-refractivity contribution in [2.24, 2.45) is 0 Å². The molecule has 0 spiro atoms. The number of hydrogen-bond donors (Lipinski definition) is 1. The number of H-pyrrole nitrogens is 1. The van der Waals surface area contributed by atoms with E-state index in [9.17, 15) is 22.8 Å². The molecule has 35 heavy (non-hydrogen) atoms. The highest BCUT2D eigenvalue weighted by atomic mass is 32.2. The highest BCUT2D eigenvalue weighted by Gasteiger charge is 2.39. The summed E-state index contributed by atoms with van der Waals surface area (Å²) in [4.78, 5) is 46.4. The molecule has 1 saturated heterocycles. The molecule has 10 heteroatoms. The number of rotatable bonds is 7. The van der Waals surface area contributed by atoms with Crippen molar-refractivity contribution >= 4 is 32.6 Å². The summed E-state index contributed by atoms with van der Waals surface area (Å²) in [5.41, 5.74) is 0.667. The lowest BCUT2D eigenvalue weighted by Crippen LogP contribution is -2.52. The van der Waals surface area contributed by atoms with E-state index in [-0.39, 0.29) is 35.2 Å². The molecule has 1 aliphatic rings. The standard InChI is InChI=1S/C25H28N4O5S/c1-3-28(16-23-26-21-9-5-4-8-20(21)24(31)27-23)25(32)22-10-6-7-15-29(22)35(33,34)19-13-11-18(12-14-19)17(2)30/h4-5,8-9,11-14,22H,3,6-7,10,15-16H2,1-2H3,(H,26,27,31). The van der Waals surface area contributed by atoms with Crippen molar-refractivity contribution in [1.29, 1.82) is 0 Å². The third-order valence-electron chi connectivity index (χ3n) is 6.30. The maximum absolute atomic E-state index is 13.6. The predicted octanol–water partition coefficient (Wildman–Crippen LogP) is 2.72. The van der Waals surface area contributed by atoms with E-state index in [1.165, 1.54) is 40.4 Å². The summed E-state index contributed by atoms with van der Waals surface area (Å²) in [6, 6.07) is 11.9. The Hall–Kier alpha value is -3.37. The fourth-order valence-electron chi connectivity index (χ4n) is 4.38. The van der Waals surface area contributed by atoms with Crippen LogP contribution in [0.2, 0.25) is 0 Å². The number of sulfonamides is 1. The molecule has 1 fully saturated rings. The maximum atomic E-state index is 13.6. The van der Waals surface area contributed by atoms with Crippen molar-refractivity contribution < 1.29 is 18.0 Å². The van der Waals surface area contributed by atoms with E-state index in [1.54, 1.807) is 31.2 Å². The van der Waals surface area contributed by atoms with E-state index in [0.29, 0.717) is 41.7 Å². The molecule has 1 amide bonds. The second-order valence-electron chi connectivity index (χ2n) is 8.59. The highest BCUT2D eigenvalue weighted by Crippen LogP contribution is 2.27. The van der Waals surface area contributed by atoms with Crippen molar-refractivity contribution in [3.63, 3.8) is 0 Å². The van der Waals surface area contributed by atoms with Crippen LogP contribution in [0.1, 0.15) is 49.3 Å². The Morgan fingerprint density at radius 1 is 1.11 bits per heavy atom. The molecule has 2 heterocycles. The largest absolute Gasteiger partial charge is 0.334 e. The summed E-state index contributed by atoms with van der Waals surface area (Å²) >= 11 is 0. The van der Waals surface area contributed by atoms with E-state index >= 15 is 0 Å². The Morgan fingerprint density at radius 3 is 2.51 bits per heavy atom. The van der Waals surface area contributed by atoms with Gasteiger partial charge >= 0.3 is 0 Å². The molecule has 3 aromatic rings. The zero-order chi connectivity index (χ0) is 25.2. The van der Waals surface area contributed by atoms with Crippen LogP contribution in [0.25, 0.3) is 10.9 Å². The van der Waals surface area contributed by atoms with Crippen LogP contribution in [0.4, 0.5) is 0 Å². The van der Waals surface area contributed by atoms with Crippen LogP contribution in [0.3, 0.4) is 0 Å².